The van der Waals surface area contributed by atoms with Crippen molar-refractivity contribution < 1.29 is 4.58 Å². The molecule has 0 radical (unpaired) electrons. The number of rotatable bonds is 4. The summed E-state index contributed by atoms with van der Waals surface area (Å²) in [5.74, 6) is 0. The highest BCUT2D eigenvalue weighted by molar-refractivity contribution is 5.35. The average Bonchev–Trinajstić information content (AvgIpc) is 2.21. The molecule has 1 aromatic rings. The third-order valence-electron chi connectivity index (χ3n) is 1.83. The van der Waals surface area contributed by atoms with Crippen LogP contribution in [0.4, 0.5) is 5.69 Å². The number of hydrogen-bond donors (Lipinski definition) is 1. The van der Waals surface area contributed by atoms with Crippen molar-refractivity contribution in [2.75, 3.05) is 6.54 Å². The van der Waals surface area contributed by atoms with E-state index in [1.807, 2.05) is 12.1 Å². The third-order valence-corrected chi connectivity index (χ3v) is 1.83. The van der Waals surface area contributed by atoms with Gasteiger partial charge in [0.15, 0.2) is 5.69 Å². The van der Waals surface area contributed by atoms with E-state index in [4.69, 9.17) is 5.41 Å². The molecule has 0 bridgehead atoms. The van der Waals surface area contributed by atoms with Gasteiger partial charge in [0.05, 0.1) is 12.7 Å². The van der Waals surface area contributed by atoms with Gasteiger partial charge >= 0.3 is 6.01 Å². The Morgan fingerprint density at radius 1 is 1.62 bits per heavy atom. The number of nitrogens with one attached hydrogen (secondary N) is 1. The lowest BCUT2D eigenvalue weighted by molar-refractivity contribution is -0.435. The van der Waals surface area contributed by atoms with E-state index in [0.29, 0.717) is 0 Å². The number of nitrogens with zero attached hydrogens (tertiary/aromatic N) is 2. The van der Waals surface area contributed by atoms with Gasteiger partial charge in [-0.2, -0.15) is 4.58 Å². The molecule has 68 valence electrons. The fourth-order valence-electron chi connectivity index (χ4n) is 1.08. The standard InChI is InChI=1S/C10H14N3/c1-2-3-7-13(9-11)10-5-4-6-12-8-10/h4-6,8,11H,2-3,7H2,1H3/q+1. The fraction of sp³-hybridized carbons (Fsp3) is 0.400. The van der Waals surface area contributed by atoms with Crippen LogP contribution in [0.2, 0.25) is 0 Å². The largest absolute Gasteiger partial charge is 0.309 e. The molecule has 0 atom stereocenters. The van der Waals surface area contributed by atoms with Crippen LogP contribution in [0.5, 0.6) is 0 Å². The van der Waals surface area contributed by atoms with Gasteiger partial charge in [-0.25, -0.2) is 0 Å². The molecule has 13 heavy (non-hydrogen) atoms. The molecule has 1 N–H and O–H groups in total. The maximum Gasteiger partial charge on any atom is 0.309 e. The molecular weight excluding hydrogens is 162 g/mol. The molecule has 1 heterocycles. The number of hydrogen-bond acceptors (Lipinski definition) is 2. The molecule has 1 rings (SSSR count). The summed E-state index contributed by atoms with van der Waals surface area (Å²) < 4.78 is 1.77. The van der Waals surface area contributed by atoms with Gasteiger partial charge in [0, 0.05) is 6.20 Å². The number of unbranched alkanes of at least 4 members (excludes halogenated alkanes) is 1. The van der Waals surface area contributed by atoms with Crippen LogP contribution in [-0.4, -0.2) is 22.1 Å². The lowest BCUT2D eigenvalue weighted by Crippen LogP contribution is -2.05. The first-order valence-corrected chi connectivity index (χ1v) is 4.48. The summed E-state index contributed by atoms with van der Waals surface area (Å²) in [6, 6.07) is 6.20. The fourth-order valence-corrected chi connectivity index (χ4v) is 1.08. The van der Waals surface area contributed by atoms with Gasteiger partial charge < -0.3 is 0 Å². The van der Waals surface area contributed by atoms with Crippen molar-refractivity contribution in [1.29, 1.82) is 5.41 Å². The van der Waals surface area contributed by atoms with Crippen molar-refractivity contribution in [3.05, 3.63) is 24.5 Å². The Labute approximate surface area is 78.3 Å². The Bertz CT molecular complexity index is 299. The number of pyridine rings is 1. The Morgan fingerprint density at radius 3 is 3.00 bits per heavy atom. The van der Waals surface area contributed by atoms with Crippen LogP contribution in [0.15, 0.2) is 24.5 Å². The summed E-state index contributed by atoms with van der Waals surface area (Å²) >= 11 is 0. The average molecular weight is 176 g/mol. The zero-order valence-corrected chi connectivity index (χ0v) is 7.83. The lowest BCUT2D eigenvalue weighted by Gasteiger charge is -2.00. The summed E-state index contributed by atoms with van der Waals surface area (Å²) in [6.45, 7) is 2.97. The first kappa shape index (κ1) is 9.62. The lowest BCUT2D eigenvalue weighted by atomic mass is 10.3. The molecule has 0 aromatic carbocycles. The molecule has 0 saturated carbocycles. The first-order valence-electron chi connectivity index (χ1n) is 4.48. The summed E-state index contributed by atoms with van der Waals surface area (Å²) in [4.78, 5) is 4.00. The normalized spacial score (nSPS) is 9.31. The van der Waals surface area contributed by atoms with Crippen molar-refractivity contribution in [3.8, 4) is 0 Å². The van der Waals surface area contributed by atoms with E-state index in [1.54, 1.807) is 17.0 Å². The van der Waals surface area contributed by atoms with Crippen LogP contribution in [0.25, 0.3) is 0 Å². The molecule has 0 aliphatic heterocycles. The second kappa shape index (κ2) is 5.22. The molecule has 3 heteroatoms. The van der Waals surface area contributed by atoms with E-state index in [-0.39, 0.29) is 0 Å². The Kier molecular flexibility index (Phi) is 3.86. The quantitative estimate of drug-likeness (QED) is 0.555. The molecule has 0 saturated heterocycles. The van der Waals surface area contributed by atoms with Crippen LogP contribution in [0, 0.1) is 5.41 Å². The predicted molar refractivity (Wildman–Crippen MR) is 51.7 cm³/mol. The van der Waals surface area contributed by atoms with Gasteiger partial charge in [-0.15, -0.1) is 0 Å². The Balaban J connectivity index is 2.75. The highest BCUT2D eigenvalue weighted by Crippen LogP contribution is 2.07. The van der Waals surface area contributed by atoms with E-state index in [0.717, 1.165) is 25.1 Å². The van der Waals surface area contributed by atoms with Crippen molar-refractivity contribution in [1.82, 2.24) is 4.98 Å². The second-order valence-electron chi connectivity index (χ2n) is 2.83. The van der Waals surface area contributed by atoms with Crippen LogP contribution in [0.3, 0.4) is 0 Å². The van der Waals surface area contributed by atoms with Gasteiger partial charge in [0.25, 0.3) is 0 Å². The molecule has 0 unspecified atom stereocenters. The monoisotopic (exact) mass is 176 g/mol. The van der Waals surface area contributed by atoms with E-state index in [9.17, 15) is 0 Å². The summed E-state index contributed by atoms with van der Waals surface area (Å²) in [6.07, 6.45) is 5.67. The zero-order chi connectivity index (χ0) is 9.52. The van der Waals surface area contributed by atoms with Gasteiger partial charge in [0.2, 0.25) is 0 Å². The Morgan fingerprint density at radius 2 is 2.46 bits per heavy atom. The molecular formula is C10H14N3+. The maximum atomic E-state index is 7.12. The first-order chi connectivity index (χ1) is 6.38. The molecule has 0 spiro atoms. The molecule has 0 fully saturated rings. The second-order valence-corrected chi connectivity index (χ2v) is 2.83. The van der Waals surface area contributed by atoms with Gasteiger partial charge in [-0.3, -0.25) is 4.98 Å². The topological polar surface area (TPSA) is 39.8 Å². The zero-order valence-electron chi connectivity index (χ0n) is 7.83. The molecule has 1 aromatic heterocycles. The molecule has 0 aliphatic rings. The predicted octanol–water partition coefficient (Wildman–Crippen LogP) is 2.28. The third kappa shape index (κ3) is 2.80. The summed E-state index contributed by atoms with van der Waals surface area (Å²) in [5, 5.41) is 7.12. The molecule has 0 aliphatic carbocycles. The Hall–Kier alpha value is -1.47. The minimum atomic E-state index is 0.839. The highest BCUT2D eigenvalue weighted by Gasteiger charge is 2.02. The van der Waals surface area contributed by atoms with Crippen molar-refractivity contribution in [3.63, 3.8) is 0 Å². The van der Waals surface area contributed by atoms with Crippen molar-refractivity contribution in [2.45, 2.75) is 19.8 Å². The van der Waals surface area contributed by atoms with Crippen LogP contribution in [0.1, 0.15) is 19.8 Å². The minimum Gasteiger partial charge on any atom is -0.260 e. The van der Waals surface area contributed by atoms with E-state index < -0.39 is 0 Å². The van der Waals surface area contributed by atoms with Crippen LogP contribution < -0.4 is 0 Å². The maximum absolute atomic E-state index is 7.12. The van der Waals surface area contributed by atoms with Crippen LogP contribution >= 0.6 is 0 Å². The highest BCUT2D eigenvalue weighted by atomic mass is 15.0. The summed E-state index contributed by atoms with van der Waals surface area (Å²) in [7, 11) is 0. The van der Waals surface area contributed by atoms with Crippen LogP contribution in [-0.2, 0) is 0 Å². The van der Waals surface area contributed by atoms with E-state index in [1.165, 1.54) is 0 Å². The SMILES string of the molecule is CCCC[N+](=C=N)c1cccnc1. The number of aromatic nitrogens is 1. The van der Waals surface area contributed by atoms with E-state index in [2.05, 4.69) is 17.9 Å². The van der Waals surface area contributed by atoms with Crippen molar-refractivity contribution >= 4 is 11.7 Å². The summed E-state index contributed by atoms with van der Waals surface area (Å²) in [5.41, 5.74) is 0.936. The molecule has 0 amide bonds. The van der Waals surface area contributed by atoms with Gasteiger partial charge in [-0.1, -0.05) is 18.8 Å². The van der Waals surface area contributed by atoms with Crippen molar-refractivity contribution in [2.24, 2.45) is 0 Å². The minimum absolute atomic E-state index is 0.839. The van der Waals surface area contributed by atoms with Gasteiger partial charge in [-0.05, 0) is 18.6 Å². The molecule has 3 nitrogen and oxygen atoms in total. The smallest absolute Gasteiger partial charge is 0.260 e. The van der Waals surface area contributed by atoms with E-state index >= 15 is 0 Å². The van der Waals surface area contributed by atoms with Gasteiger partial charge in [0.1, 0.15) is 0 Å².